The number of nitrogens with two attached hydrogens (primary N) is 1. The number of sulfonamides is 1. The summed E-state index contributed by atoms with van der Waals surface area (Å²) in [5, 5.41) is 0.289. The maximum Gasteiger partial charge on any atom is 0.262 e. The molecule has 0 spiro atoms. The van der Waals surface area contributed by atoms with E-state index in [1.54, 1.807) is 19.1 Å². The van der Waals surface area contributed by atoms with E-state index in [2.05, 4.69) is 4.72 Å². The minimum Gasteiger partial charge on any atom is -0.398 e. The van der Waals surface area contributed by atoms with E-state index in [1.807, 2.05) is 18.4 Å². The number of nitrogen functional groups attached to an aromatic ring is 1. The van der Waals surface area contributed by atoms with Gasteiger partial charge in [0.05, 0.1) is 10.6 Å². The Hall–Kier alpha value is -1.37. The second-order valence-corrected chi connectivity index (χ2v) is 7.36. The first-order valence-corrected chi connectivity index (χ1v) is 9.15. The molecule has 112 valence electrons. The maximum atomic E-state index is 12.6. The maximum absolute atomic E-state index is 12.6. The van der Waals surface area contributed by atoms with Crippen LogP contribution in [0.15, 0.2) is 46.2 Å². The van der Waals surface area contributed by atoms with Crippen LogP contribution in [0.3, 0.4) is 0 Å². The van der Waals surface area contributed by atoms with Gasteiger partial charge >= 0.3 is 0 Å². The fraction of sp³-hybridized carbons (Fsp3) is 0.143. The molecular formula is C14H15ClN2O2S2. The van der Waals surface area contributed by atoms with E-state index in [9.17, 15) is 8.42 Å². The van der Waals surface area contributed by atoms with Crippen LogP contribution in [0.1, 0.15) is 5.56 Å². The molecule has 0 aliphatic rings. The Balaban J connectivity index is 2.49. The van der Waals surface area contributed by atoms with Crippen LogP contribution in [-0.4, -0.2) is 14.7 Å². The Bertz CT molecular complexity index is 777. The predicted octanol–water partition coefficient (Wildman–Crippen LogP) is 3.75. The van der Waals surface area contributed by atoms with E-state index in [0.717, 1.165) is 4.90 Å². The minimum atomic E-state index is -3.75. The summed E-state index contributed by atoms with van der Waals surface area (Å²) >= 11 is 7.38. The summed E-state index contributed by atoms with van der Waals surface area (Å²) in [6.07, 6.45) is 1.88. The van der Waals surface area contributed by atoms with Crippen LogP contribution >= 0.6 is 23.4 Å². The van der Waals surface area contributed by atoms with Crippen molar-refractivity contribution in [1.82, 2.24) is 0 Å². The molecule has 0 heterocycles. The molecule has 2 rings (SSSR count). The quantitative estimate of drug-likeness (QED) is 0.655. The number of thioether (sulfide) groups is 1. The van der Waals surface area contributed by atoms with Crippen molar-refractivity contribution in [3.8, 4) is 0 Å². The molecule has 0 fully saturated rings. The van der Waals surface area contributed by atoms with Crippen molar-refractivity contribution in [2.45, 2.75) is 16.7 Å². The highest BCUT2D eigenvalue weighted by Crippen LogP contribution is 2.30. The molecule has 0 bridgehead atoms. The standard InChI is InChI=1S/C14H15ClN2O2S2/c1-9-11(16)7-10(15)8-14(9)21(18,19)17-12-5-3-4-6-13(12)20-2/h3-8,17H,16H2,1-2H3. The van der Waals surface area contributed by atoms with Crippen LogP contribution in [0.5, 0.6) is 0 Å². The van der Waals surface area contributed by atoms with E-state index in [1.165, 1.54) is 23.9 Å². The summed E-state index contributed by atoms with van der Waals surface area (Å²) in [6, 6.07) is 10.1. The molecule has 0 amide bonds. The number of rotatable bonds is 4. The fourth-order valence-corrected chi connectivity index (χ4v) is 4.17. The topological polar surface area (TPSA) is 72.2 Å². The van der Waals surface area contributed by atoms with Crippen molar-refractivity contribution in [3.05, 3.63) is 47.0 Å². The van der Waals surface area contributed by atoms with Gasteiger partial charge in [-0.25, -0.2) is 8.42 Å². The van der Waals surface area contributed by atoms with E-state index in [0.29, 0.717) is 16.9 Å². The average molecular weight is 343 g/mol. The molecule has 0 aromatic heterocycles. The largest absolute Gasteiger partial charge is 0.398 e. The Kier molecular flexibility index (Phi) is 4.70. The normalized spacial score (nSPS) is 11.4. The molecular weight excluding hydrogens is 328 g/mol. The highest BCUT2D eigenvalue weighted by Gasteiger charge is 2.20. The third-order valence-electron chi connectivity index (χ3n) is 3.01. The first-order valence-electron chi connectivity index (χ1n) is 6.06. The summed E-state index contributed by atoms with van der Waals surface area (Å²) in [5.74, 6) is 0. The molecule has 0 aliphatic heterocycles. The summed E-state index contributed by atoms with van der Waals surface area (Å²) in [4.78, 5) is 0.928. The summed E-state index contributed by atoms with van der Waals surface area (Å²) in [7, 11) is -3.75. The lowest BCUT2D eigenvalue weighted by atomic mass is 10.2. The molecule has 3 N–H and O–H groups in total. The van der Waals surface area contributed by atoms with Crippen LogP contribution in [0.2, 0.25) is 5.02 Å². The SMILES string of the molecule is CSc1ccccc1NS(=O)(=O)c1cc(Cl)cc(N)c1C. The van der Waals surface area contributed by atoms with Crippen LogP contribution < -0.4 is 10.5 Å². The fourth-order valence-electron chi connectivity index (χ4n) is 1.88. The number of hydrogen-bond donors (Lipinski definition) is 2. The highest BCUT2D eigenvalue weighted by molar-refractivity contribution is 7.99. The number of hydrogen-bond acceptors (Lipinski definition) is 4. The van der Waals surface area contributed by atoms with Gasteiger partial charge in [-0.3, -0.25) is 4.72 Å². The number of para-hydroxylation sites is 1. The van der Waals surface area contributed by atoms with Crippen molar-refractivity contribution in [3.63, 3.8) is 0 Å². The van der Waals surface area contributed by atoms with Gasteiger partial charge in [0.1, 0.15) is 0 Å². The van der Waals surface area contributed by atoms with Crippen LogP contribution in [-0.2, 0) is 10.0 Å². The molecule has 21 heavy (non-hydrogen) atoms. The second kappa shape index (κ2) is 6.17. The molecule has 0 saturated heterocycles. The van der Waals surface area contributed by atoms with Crippen molar-refractivity contribution in [1.29, 1.82) is 0 Å². The smallest absolute Gasteiger partial charge is 0.262 e. The number of benzene rings is 2. The van der Waals surface area contributed by atoms with Gasteiger partial charge in [0.15, 0.2) is 0 Å². The van der Waals surface area contributed by atoms with Gasteiger partial charge in [-0.15, -0.1) is 11.8 Å². The first-order chi connectivity index (χ1) is 9.85. The van der Waals surface area contributed by atoms with Gasteiger partial charge in [-0.2, -0.15) is 0 Å². The predicted molar refractivity (Wildman–Crippen MR) is 89.6 cm³/mol. The average Bonchev–Trinajstić information content (AvgIpc) is 2.43. The molecule has 0 atom stereocenters. The third-order valence-corrected chi connectivity index (χ3v) is 5.51. The van der Waals surface area contributed by atoms with Crippen LogP contribution in [0, 0.1) is 6.92 Å². The Morgan fingerprint density at radius 3 is 2.57 bits per heavy atom. The lowest BCUT2D eigenvalue weighted by molar-refractivity contribution is 0.600. The Labute approximate surface area is 133 Å². The van der Waals surface area contributed by atoms with Gasteiger partial charge in [-0.1, -0.05) is 23.7 Å². The first kappa shape index (κ1) is 16.0. The lowest BCUT2D eigenvalue weighted by Gasteiger charge is -2.14. The zero-order valence-corrected chi connectivity index (χ0v) is 13.9. The molecule has 0 unspecified atom stereocenters. The van der Waals surface area contributed by atoms with Crippen molar-refractivity contribution < 1.29 is 8.42 Å². The van der Waals surface area contributed by atoms with Crippen molar-refractivity contribution >= 4 is 44.8 Å². The van der Waals surface area contributed by atoms with Gasteiger partial charge in [0, 0.05) is 15.6 Å². The Morgan fingerprint density at radius 2 is 1.90 bits per heavy atom. The van der Waals surface area contributed by atoms with E-state index >= 15 is 0 Å². The monoisotopic (exact) mass is 342 g/mol. The van der Waals surface area contributed by atoms with E-state index < -0.39 is 10.0 Å². The second-order valence-electron chi connectivity index (χ2n) is 4.42. The molecule has 2 aromatic carbocycles. The highest BCUT2D eigenvalue weighted by atomic mass is 35.5. The van der Waals surface area contributed by atoms with E-state index in [4.69, 9.17) is 17.3 Å². The minimum absolute atomic E-state index is 0.0865. The molecule has 2 aromatic rings. The Morgan fingerprint density at radius 1 is 1.24 bits per heavy atom. The third kappa shape index (κ3) is 3.45. The zero-order valence-electron chi connectivity index (χ0n) is 11.6. The lowest BCUT2D eigenvalue weighted by Crippen LogP contribution is -2.15. The summed E-state index contributed by atoms with van der Waals surface area (Å²) < 4.78 is 27.7. The van der Waals surface area contributed by atoms with Crippen LogP contribution in [0.4, 0.5) is 11.4 Å². The molecule has 4 nitrogen and oxygen atoms in total. The zero-order chi connectivity index (χ0) is 15.6. The molecule has 0 saturated carbocycles. The van der Waals surface area contributed by atoms with Crippen molar-refractivity contribution in [2.24, 2.45) is 0 Å². The summed E-state index contributed by atoms with van der Waals surface area (Å²) in [6.45, 7) is 1.65. The number of nitrogens with one attached hydrogen (secondary N) is 1. The van der Waals surface area contributed by atoms with Gasteiger partial charge in [0.2, 0.25) is 0 Å². The molecule has 0 radical (unpaired) electrons. The van der Waals surface area contributed by atoms with Crippen LogP contribution in [0.25, 0.3) is 0 Å². The summed E-state index contributed by atoms with van der Waals surface area (Å²) in [5.41, 5.74) is 7.15. The molecule has 0 aliphatic carbocycles. The van der Waals surface area contributed by atoms with Gasteiger partial charge in [0.25, 0.3) is 10.0 Å². The number of anilines is 2. The van der Waals surface area contributed by atoms with E-state index in [-0.39, 0.29) is 9.92 Å². The molecule has 7 heteroatoms. The van der Waals surface area contributed by atoms with Gasteiger partial charge in [-0.05, 0) is 43.0 Å². The van der Waals surface area contributed by atoms with Crippen molar-refractivity contribution in [2.75, 3.05) is 16.7 Å². The number of halogens is 1. The van der Waals surface area contributed by atoms with Gasteiger partial charge < -0.3 is 5.73 Å².